The van der Waals surface area contributed by atoms with Gasteiger partial charge in [-0.1, -0.05) is 51.5 Å². The molecule has 0 saturated heterocycles. The molecule has 1 aromatic rings. The molecule has 0 aliphatic heterocycles. The van der Waals surface area contributed by atoms with Crippen molar-refractivity contribution in [2.45, 2.75) is 78.7 Å². The van der Waals surface area contributed by atoms with Crippen molar-refractivity contribution in [3.05, 3.63) is 47.8 Å². The van der Waals surface area contributed by atoms with E-state index in [2.05, 4.69) is 37.0 Å². The maximum Gasteiger partial charge on any atom is 0.508 e. The van der Waals surface area contributed by atoms with E-state index in [4.69, 9.17) is 14.2 Å². The first kappa shape index (κ1) is 26.0. The Hall–Kier alpha value is -2.63. The van der Waals surface area contributed by atoms with E-state index in [-0.39, 0.29) is 42.0 Å². The maximum atomic E-state index is 12.3. The zero-order chi connectivity index (χ0) is 26.2. The number of hydrogen-bond donors (Lipinski definition) is 0. The molecule has 37 heavy (non-hydrogen) atoms. The zero-order valence-corrected chi connectivity index (χ0v) is 22.7. The van der Waals surface area contributed by atoms with Crippen LogP contribution in [0, 0.1) is 34.5 Å². The number of allylic oxidation sites excluding steroid dienone is 3. The molecule has 4 aliphatic rings. The fourth-order valence-corrected chi connectivity index (χ4v) is 7.87. The van der Waals surface area contributed by atoms with Gasteiger partial charge in [0, 0.05) is 18.8 Å². The molecule has 0 amide bonds. The van der Waals surface area contributed by atoms with Gasteiger partial charge in [0.15, 0.2) is 0 Å². The number of pyridine rings is 1. The smallest absolute Gasteiger partial charge is 0.462 e. The van der Waals surface area contributed by atoms with Crippen LogP contribution in [0.1, 0.15) is 78.2 Å². The van der Waals surface area contributed by atoms with E-state index in [1.165, 1.54) is 29.6 Å². The van der Waals surface area contributed by atoms with Crippen molar-refractivity contribution in [1.82, 2.24) is 4.98 Å². The summed E-state index contributed by atoms with van der Waals surface area (Å²) in [7, 11) is 0. The van der Waals surface area contributed by atoms with Gasteiger partial charge >= 0.3 is 12.1 Å². The van der Waals surface area contributed by atoms with Crippen molar-refractivity contribution in [3.8, 4) is 0 Å². The SMILES string of the molecule is CC(C)C(=O)OCCOC(=O)O[C@H]1CC[C@@]2(C)C(=CC[C@@H]3[C@@H]2CC[C@]2(C)C(c4cccnc4)=CC[C@@H]32)C1. The summed E-state index contributed by atoms with van der Waals surface area (Å²) in [5, 5.41) is 0. The molecule has 1 aromatic heterocycles. The highest BCUT2D eigenvalue weighted by molar-refractivity contribution is 5.72. The summed E-state index contributed by atoms with van der Waals surface area (Å²) in [5.74, 6) is 1.54. The topological polar surface area (TPSA) is 74.7 Å². The van der Waals surface area contributed by atoms with E-state index < -0.39 is 6.16 Å². The van der Waals surface area contributed by atoms with Crippen LogP contribution in [-0.4, -0.2) is 36.4 Å². The van der Waals surface area contributed by atoms with E-state index >= 15 is 0 Å². The monoisotopic (exact) mass is 507 g/mol. The second kappa shape index (κ2) is 10.3. The lowest BCUT2D eigenvalue weighted by Crippen LogP contribution is -2.50. The molecule has 2 saturated carbocycles. The third kappa shape index (κ3) is 4.84. The number of aromatic nitrogens is 1. The lowest BCUT2D eigenvalue weighted by atomic mass is 9.47. The van der Waals surface area contributed by atoms with Crippen LogP contribution in [0.15, 0.2) is 42.3 Å². The molecule has 6 nitrogen and oxygen atoms in total. The summed E-state index contributed by atoms with van der Waals surface area (Å²) in [6, 6.07) is 4.26. The van der Waals surface area contributed by atoms with Crippen LogP contribution in [0.4, 0.5) is 4.79 Å². The number of ether oxygens (including phenoxy) is 3. The Morgan fingerprint density at radius 3 is 2.57 bits per heavy atom. The molecule has 1 heterocycles. The van der Waals surface area contributed by atoms with Gasteiger partial charge in [0.1, 0.15) is 19.3 Å². The van der Waals surface area contributed by atoms with Crippen LogP contribution in [0.25, 0.3) is 5.57 Å². The first-order chi connectivity index (χ1) is 17.7. The number of hydrogen-bond acceptors (Lipinski definition) is 6. The number of fused-ring (bicyclic) bond motifs is 5. The van der Waals surface area contributed by atoms with Gasteiger partial charge in [0.05, 0.1) is 5.92 Å². The largest absolute Gasteiger partial charge is 0.508 e. The summed E-state index contributed by atoms with van der Waals surface area (Å²) in [5.41, 5.74) is 4.64. The molecule has 0 aromatic carbocycles. The Bertz CT molecular complexity index is 1080. The van der Waals surface area contributed by atoms with Gasteiger partial charge in [-0.2, -0.15) is 0 Å². The van der Waals surface area contributed by atoms with E-state index in [0.29, 0.717) is 17.8 Å². The number of nitrogens with zero attached hydrogens (tertiary/aromatic N) is 1. The molecule has 2 fully saturated rings. The predicted molar refractivity (Wildman–Crippen MR) is 141 cm³/mol. The minimum atomic E-state index is -0.670. The fourth-order valence-electron chi connectivity index (χ4n) is 7.87. The third-order valence-corrected chi connectivity index (χ3v) is 9.89. The highest BCUT2D eigenvalue weighted by Crippen LogP contribution is 2.66. The standard InChI is InChI=1S/C31H41NO5/c1-20(2)28(33)35-16-17-36-29(34)37-23-11-13-30(3)22(18-23)7-8-24-26-10-9-25(21-6-5-15-32-19-21)31(26,4)14-12-27(24)30/h5-7,9,15,19-20,23-24,26-27H,8,10-14,16-18H2,1-4H3/t23-,24-,26-,27-,30-,31+/m0/s1. The number of carbonyl (C=O) groups excluding carboxylic acids is 2. The van der Waals surface area contributed by atoms with Gasteiger partial charge in [-0.05, 0) is 84.3 Å². The summed E-state index contributed by atoms with van der Waals surface area (Å²) in [6.07, 6.45) is 15.4. The van der Waals surface area contributed by atoms with Gasteiger partial charge in [0.2, 0.25) is 0 Å². The van der Waals surface area contributed by atoms with E-state index in [1.807, 2.05) is 18.5 Å². The summed E-state index contributed by atoms with van der Waals surface area (Å²) in [4.78, 5) is 28.2. The normalized spacial score (nSPS) is 34.4. The molecular weight excluding hydrogens is 466 g/mol. The average Bonchev–Trinajstić information content (AvgIpc) is 3.24. The second-order valence-corrected chi connectivity index (χ2v) is 12.2. The van der Waals surface area contributed by atoms with Crippen molar-refractivity contribution in [3.63, 3.8) is 0 Å². The number of esters is 1. The molecule has 6 atom stereocenters. The summed E-state index contributed by atoms with van der Waals surface area (Å²) in [6.45, 7) is 8.56. The lowest BCUT2D eigenvalue weighted by molar-refractivity contribution is -0.148. The summed E-state index contributed by atoms with van der Waals surface area (Å²) >= 11 is 0. The lowest BCUT2D eigenvalue weighted by Gasteiger charge is -2.57. The zero-order valence-electron chi connectivity index (χ0n) is 22.7. The van der Waals surface area contributed by atoms with Crippen LogP contribution in [0.5, 0.6) is 0 Å². The van der Waals surface area contributed by atoms with Crippen molar-refractivity contribution in [2.24, 2.45) is 34.5 Å². The van der Waals surface area contributed by atoms with Gasteiger partial charge in [0.25, 0.3) is 0 Å². The molecule has 0 spiro atoms. The van der Waals surface area contributed by atoms with Crippen molar-refractivity contribution < 1.29 is 23.8 Å². The van der Waals surface area contributed by atoms with E-state index in [1.54, 1.807) is 13.8 Å². The predicted octanol–water partition coefficient (Wildman–Crippen LogP) is 6.76. The van der Waals surface area contributed by atoms with Gasteiger partial charge in [-0.15, -0.1) is 0 Å². The van der Waals surface area contributed by atoms with Gasteiger partial charge in [-0.3, -0.25) is 9.78 Å². The second-order valence-electron chi connectivity index (χ2n) is 12.2. The average molecular weight is 508 g/mol. The molecule has 0 radical (unpaired) electrons. The first-order valence-corrected chi connectivity index (χ1v) is 14.0. The maximum absolute atomic E-state index is 12.3. The van der Waals surface area contributed by atoms with Gasteiger partial charge in [-0.25, -0.2) is 4.79 Å². The van der Waals surface area contributed by atoms with Crippen LogP contribution < -0.4 is 0 Å². The minimum absolute atomic E-state index is 0.0173. The molecule has 6 heteroatoms. The molecule has 0 unspecified atom stereocenters. The number of rotatable bonds is 6. The quantitative estimate of drug-likeness (QED) is 0.241. The Morgan fingerprint density at radius 2 is 1.81 bits per heavy atom. The van der Waals surface area contributed by atoms with Crippen molar-refractivity contribution in [2.75, 3.05) is 13.2 Å². The third-order valence-electron chi connectivity index (χ3n) is 9.89. The first-order valence-electron chi connectivity index (χ1n) is 14.0. The highest BCUT2D eigenvalue weighted by atomic mass is 16.7. The highest BCUT2D eigenvalue weighted by Gasteiger charge is 2.57. The Balaban J connectivity index is 1.19. The van der Waals surface area contributed by atoms with Crippen molar-refractivity contribution >= 4 is 17.7 Å². The van der Waals surface area contributed by atoms with Gasteiger partial charge < -0.3 is 14.2 Å². The Morgan fingerprint density at radius 1 is 1.03 bits per heavy atom. The van der Waals surface area contributed by atoms with Crippen molar-refractivity contribution in [1.29, 1.82) is 0 Å². The molecule has 5 rings (SSSR count). The Kier molecular flexibility index (Phi) is 7.21. The fraction of sp³-hybridized carbons (Fsp3) is 0.645. The number of carbonyl (C=O) groups is 2. The molecule has 200 valence electrons. The summed E-state index contributed by atoms with van der Waals surface area (Å²) < 4.78 is 15.9. The van der Waals surface area contributed by atoms with E-state index in [9.17, 15) is 9.59 Å². The minimum Gasteiger partial charge on any atom is -0.462 e. The van der Waals surface area contributed by atoms with E-state index in [0.717, 1.165) is 32.1 Å². The molecule has 4 aliphatic carbocycles. The van der Waals surface area contributed by atoms with Crippen LogP contribution >= 0.6 is 0 Å². The molecular formula is C31H41NO5. The molecule has 0 bridgehead atoms. The van der Waals surface area contributed by atoms with Crippen LogP contribution in [-0.2, 0) is 19.0 Å². The Labute approximate surface area is 220 Å². The van der Waals surface area contributed by atoms with Crippen LogP contribution in [0.3, 0.4) is 0 Å². The van der Waals surface area contributed by atoms with Crippen LogP contribution in [0.2, 0.25) is 0 Å². The molecule has 0 N–H and O–H groups in total.